The zero-order valence-corrected chi connectivity index (χ0v) is 44.3. The van der Waals surface area contributed by atoms with Gasteiger partial charge in [0.05, 0.1) is 18.8 Å². The maximum absolute atomic E-state index is 11.5. The van der Waals surface area contributed by atoms with E-state index in [0.717, 1.165) is 91.3 Å². The molecule has 3 aromatic rings. The molecule has 0 amide bonds. The number of allylic oxidation sites excluding steroid dienone is 2. The van der Waals surface area contributed by atoms with E-state index in [4.69, 9.17) is 25.6 Å². The number of aromatic amines is 1. The minimum atomic E-state index is -0.906. The van der Waals surface area contributed by atoms with Crippen LogP contribution in [0.1, 0.15) is 174 Å². The number of ether oxygens (including phenoxy) is 1. The van der Waals surface area contributed by atoms with E-state index in [2.05, 4.69) is 40.8 Å². The Morgan fingerprint density at radius 1 is 0.972 bits per heavy atom. The number of rotatable bonds is 19. The molecule has 1 spiro atoms. The van der Waals surface area contributed by atoms with Crippen LogP contribution in [0, 0.1) is 35.0 Å². The molecule has 1 saturated heterocycles. The fourth-order valence-electron chi connectivity index (χ4n) is 13.8. The number of benzene rings is 1. The molecule has 0 unspecified atom stereocenters. The van der Waals surface area contributed by atoms with Gasteiger partial charge < -0.3 is 56.7 Å². The number of fused-ring (bicyclic) bond motifs is 2. The summed E-state index contributed by atoms with van der Waals surface area (Å²) in [4.78, 5) is 8.72. The number of nitrogens with two attached hydrogens (primary N) is 2. The van der Waals surface area contributed by atoms with Crippen molar-refractivity contribution in [2.24, 2.45) is 51.5 Å². The highest BCUT2D eigenvalue weighted by Crippen LogP contribution is 2.62. The molecule has 0 radical (unpaired) electrons. The summed E-state index contributed by atoms with van der Waals surface area (Å²) in [5.41, 5.74) is 18.6. The predicted octanol–water partition coefficient (Wildman–Crippen LogP) is 9.70. The topological polar surface area (TPSA) is 208 Å². The van der Waals surface area contributed by atoms with Crippen LogP contribution in [0.25, 0.3) is 0 Å². The molecule has 12 atom stereocenters. The van der Waals surface area contributed by atoms with Crippen LogP contribution in [0.15, 0.2) is 51.9 Å². The Balaban J connectivity index is 0.757. The minimum Gasteiger partial charge on any atom is -0.504 e. The lowest BCUT2D eigenvalue weighted by molar-refractivity contribution is 0.103. The minimum absolute atomic E-state index is 0.00633. The summed E-state index contributed by atoms with van der Waals surface area (Å²) >= 11 is 0. The molecule has 2 aromatic heterocycles. The maximum atomic E-state index is 11.5. The molecule has 7 aliphatic rings. The van der Waals surface area contributed by atoms with Gasteiger partial charge in [0.25, 0.3) is 0 Å². The van der Waals surface area contributed by atoms with E-state index >= 15 is 0 Å². The summed E-state index contributed by atoms with van der Waals surface area (Å²) in [5, 5.41) is 49.8. The Hall–Kier alpha value is -3.11. The first-order valence-electron chi connectivity index (χ1n) is 27.7. The number of nitrogens with zero attached hydrogens (tertiary/aromatic N) is 1. The molecule has 12 nitrogen and oxygen atoms in total. The molecule has 10 rings (SSSR count). The Morgan fingerprint density at radius 3 is 2.65 bits per heavy atom. The van der Waals surface area contributed by atoms with Crippen LogP contribution in [0.3, 0.4) is 0 Å². The summed E-state index contributed by atoms with van der Waals surface area (Å²) in [5.74, 6) is 8.34. The number of phenolic OH excluding ortho intramolecular Hbond substituents is 1. The lowest BCUT2D eigenvalue weighted by Crippen LogP contribution is -2.42. The maximum Gasteiger partial charge on any atom is 0.189 e. The number of phenols is 1. The van der Waals surface area contributed by atoms with Crippen molar-refractivity contribution in [1.29, 1.82) is 0 Å². The molecule has 1 aliphatic heterocycles. The van der Waals surface area contributed by atoms with Gasteiger partial charge in [0, 0.05) is 78.3 Å². The van der Waals surface area contributed by atoms with E-state index in [1.807, 2.05) is 46.7 Å². The van der Waals surface area contributed by atoms with Crippen LogP contribution >= 0.6 is 21.6 Å². The van der Waals surface area contributed by atoms with Crippen molar-refractivity contribution in [2.75, 3.05) is 31.2 Å². The molecular weight excluding hydrogens is 929 g/mol. The van der Waals surface area contributed by atoms with Gasteiger partial charge in [0.15, 0.2) is 17.5 Å². The van der Waals surface area contributed by atoms with Gasteiger partial charge in [-0.15, -0.1) is 0 Å². The van der Waals surface area contributed by atoms with E-state index in [1.54, 1.807) is 6.07 Å². The van der Waals surface area contributed by atoms with E-state index in [0.29, 0.717) is 72.6 Å². The van der Waals surface area contributed by atoms with Crippen molar-refractivity contribution < 1.29 is 29.6 Å². The number of guanidine groups is 1. The average Bonchev–Trinajstić information content (AvgIpc) is 4.08. The molecule has 14 heteroatoms. The number of aliphatic hydroxyl groups is 3. The fourth-order valence-corrected chi connectivity index (χ4v) is 16.6. The molecule has 6 aliphatic carbocycles. The second kappa shape index (κ2) is 24.5. The van der Waals surface area contributed by atoms with Crippen LogP contribution < -0.4 is 26.8 Å². The van der Waals surface area contributed by atoms with Gasteiger partial charge in [-0.3, -0.25) is 0 Å². The number of H-pyrrole nitrogens is 1. The van der Waals surface area contributed by atoms with Crippen molar-refractivity contribution in [3.63, 3.8) is 0 Å². The number of hydrogen-bond donors (Lipinski definition) is 9. The van der Waals surface area contributed by atoms with Gasteiger partial charge in [-0.25, -0.2) is 4.99 Å². The van der Waals surface area contributed by atoms with E-state index in [1.165, 1.54) is 75.5 Å². The summed E-state index contributed by atoms with van der Waals surface area (Å²) in [6.07, 6.45) is 24.7. The highest BCUT2D eigenvalue weighted by atomic mass is 33.1. The Kier molecular flexibility index (Phi) is 18.2. The van der Waals surface area contributed by atoms with Crippen LogP contribution in [0.4, 0.5) is 0 Å². The second-order valence-corrected chi connectivity index (χ2v) is 25.4. The first-order valence-corrected chi connectivity index (χ1v) is 30.2. The van der Waals surface area contributed by atoms with Crippen LogP contribution in [0.2, 0.25) is 0 Å². The van der Waals surface area contributed by atoms with Gasteiger partial charge in [-0.05, 0) is 148 Å². The van der Waals surface area contributed by atoms with Crippen molar-refractivity contribution in [1.82, 2.24) is 15.6 Å². The largest absolute Gasteiger partial charge is 0.504 e. The smallest absolute Gasteiger partial charge is 0.189 e. The first kappa shape index (κ1) is 52.7. The third-order valence-corrected chi connectivity index (χ3v) is 20.5. The number of aryl methyl sites for hydroxylation is 3. The first-order chi connectivity index (χ1) is 34.5. The number of aliphatic imine (C=N–C) groups is 1. The van der Waals surface area contributed by atoms with Gasteiger partial charge in [-0.1, -0.05) is 85.3 Å². The Labute approximate surface area is 431 Å². The third kappa shape index (κ3) is 12.9. The molecular formula is C57H86N6O6S2. The van der Waals surface area contributed by atoms with Crippen molar-refractivity contribution in [2.45, 2.75) is 185 Å². The highest BCUT2D eigenvalue weighted by molar-refractivity contribution is 8.76. The summed E-state index contributed by atoms with van der Waals surface area (Å²) in [7, 11) is 3.94. The predicted molar refractivity (Wildman–Crippen MR) is 289 cm³/mol. The number of nitrogens with one attached hydrogen (secondary N) is 3. The SMILES string of the molecule is C[C@H](O)CNC[C@H]1c2cc([C@@H](O)COc3cc(CCc4cc(CO)c(CCCC[C@@H]5C[C@H](N)[C@H]6CSSC[C@@H](N=C(N)NC7CCCCC7)[C@H](C)CC[C@@H]5C6)o4)ccc3O)[nH]c2[C@H]2C=C[C@@]13CCC[C@@H]3C2. The van der Waals surface area contributed by atoms with Gasteiger partial charge in [0.1, 0.15) is 24.2 Å². The van der Waals surface area contributed by atoms with E-state index in [9.17, 15) is 20.4 Å². The number of unbranched alkanes of at least 4 members (excludes halogenated alkanes) is 1. The molecule has 4 fully saturated rings. The van der Waals surface area contributed by atoms with Crippen molar-refractivity contribution >= 4 is 27.5 Å². The molecule has 4 bridgehead atoms. The zero-order valence-electron chi connectivity index (χ0n) is 42.7. The quantitative estimate of drug-likeness (QED) is 0.0181. The normalized spacial score (nSPS) is 31.1. The molecule has 1 aromatic carbocycles. The van der Waals surface area contributed by atoms with Crippen LogP contribution in [0.5, 0.6) is 11.5 Å². The van der Waals surface area contributed by atoms with E-state index < -0.39 is 12.2 Å². The standard InChI is InChI=1S/C57H86N6O6S2/c1-35-14-17-39-24-42(33-70-71-34-50(35)63-56(59)61-44-11-4-3-5-12-44)48(58)27-38(39)9-6-7-13-53-41(31-64)26-45(69-53)18-15-37-16-19-51(66)54(23-37)68-32-52(67)49-28-46-47(30-60-29-36(2)65)57-21-8-10-43(57)25-40(20-22-57)55(46)62-49/h16,19-20,22-23,26,28,35-36,38-40,42-44,47-48,50,52,60,62,64-67H,3-15,17-18,21,24-25,27,29-34,58H2,1-2H3,(H3,59,61,63)/t35-,36+,38-,39-,40+,42-,43-,47+,48+,50-,52+,57-/m1/s1. The number of furan rings is 1. The van der Waals surface area contributed by atoms with Crippen molar-refractivity contribution in [3.8, 4) is 11.5 Å². The second-order valence-electron chi connectivity index (χ2n) is 22.9. The monoisotopic (exact) mass is 1010 g/mol. The molecule has 11 N–H and O–H groups in total. The number of aromatic nitrogens is 1. The summed E-state index contributed by atoms with van der Waals surface area (Å²) < 4.78 is 12.6. The number of hydrogen-bond acceptors (Lipinski definition) is 11. The zero-order chi connectivity index (χ0) is 49.5. The average molecular weight is 1020 g/mol. The molecule has 3 heterocycles. The fraction of sp³-hybridized carbons (Fsp3) is 0.702. The Bertz CT molecular complexity index is 2240. The van der Waals surface area contributed by atoms with E-state index in [-0.39, 0.29) is 42.4 Å². The number of aromatic hydroxyl groups is 1. The van der Waals surface area contributed by atoms with Gasteiger partial charge >= 0.3 is 0 Å². The number of aliphatic hydroxyl groups excluding tert-OH is 3. The third-order valence-electron chi connectivity index (χ3n) is 17.9. The lowest BCUT2D eigenvalue weighted by atomic mass is 9.64. The van der Waals surface area contributed by atoms with Crippen LogP contribution in [-0.2, 0) is 25.9 Å². The molecule has 392 valence electrons. The van der Waals surface area contributed by atoms with Crippen molar-refractivity contribution in [3.05, 3.63) is 82.1 Å². The molecule has 71 heavy (non-hydrogen) atoms. The van der Waals surface area contributed by atoms with Gasteiger partial charge in [-0.2, -0.15) is 0 Å². The van der Waals surface area contributed by atoms with Crippen LogP contribution in [-0.4, -0.2) is 86.8 Å². The summed E-state index contributed by atoms with van der Waals surface area (Å²) in [6, 6.07) is 10.5. The summed E-state index contributed by atoms with van der Waals surface area (Å²) in [6.45, 7) is 5.46. The molecule has 3 saturated carbocycles. The Morgan fingerprint density at radius 2 is 1.82 bits per heavy atom. The highest BCUT2D eigenvalue weighted by Gasteiger charge is 2.53. The van der Waals surface area contributed by atoms with Gasteiger partial charge in [0.2, 0.25) is 0 Å². The lowest BCUT2D eigenvalue weighted by Gasteiger charge is -2.41.